The van der Waals surface area contributed by atoms with E-state index in [0.717, 1.165) is 5.39 Å². The summed E-state index contributed by atoms with van der Waals surface area (Å²) < 4.78 is 5.45. The maximum atomic E-state index is 12.2. The molecule has 0 bridgehead atoms. The maximum absolute atomic E-state index is 12.2. The number of nitrogens with zero attached hydrogens (tertiary/aromatic N) is 1. The first-order valence-corrected chi connectivity index (χ1v) is 6.63. The topological polar surface area (TPSA) is 81.1 Å². The molecule has 2 heterocycles. The van der Waals surface area contributed by atoms with E-state index in [1.54, 1.807) is 30.5 Å². The Morgan fingerprint density at radius 1 is 1.30 bits per heavy atom. The molecule has 3 aromatic rings. The highest BCUT2D eigenvalue weighted by atomic mass is 79.9. The minimum atomic E-state index is -0.263. The molecule has 0 spiro atoms. The zero-order chi connectivity index (χ0) is 14.1. The first kappa shape index (κ1) is 12.7. The van der Waals surface area contributed by atoms with Gasteiger partial charge in [-0.2, -0.15) is 0 Å². The van der Waals surface area contributed by atoms with E-state index in [1.165, 1.54) is 6.26 Å². The van der Waals surface area contributed by atoms with Crippen molar-refractivity contribution in [2.75, 3.05) is 11.1 Å². The van der Waals surface area contributed by atoms with Crippen molar-refractivity contribution in [3.63, 3.8) is 0 Å². The van der Waals surface area contributed by atoms with Gasteiger partial charge in [0.2, 0.25) is 0 Å². The molecule has 0 aliphatic heterocycles. The van der Waals surface area contributed by atoms with Crippen molar-refractivity contribution in [3.05, 3.63) is 53.0 Å². The van der Waals surface area contributed by atoms with E-state index in [0.29, 0.717) is 27.1 Å². The molecule has 0 atom stereocenters. The molecule has 100 valence electrons. The minimum absolute atomic E-state index is 0.263. The summed E-state index contributed by atoms with van der Waals surface area (Å²) in [6.07, 6.45) is 3.11. The summed E-state index contributed by atoms with van der Waals surface area (Å²) >= 11 is 3.18. The monoisotopic (exact) mass is 331 g/mol. The molecular formula is C14H10BrN3O2. The van der Waals surface area contributed by atoms with Crippen molar-refractivity contribution in [2.45, 2.75) is 0 Å². The van der Waals surface area contributed by atoms with Crippen LogP contribution >= 0.6 is 15.9 Å². The first-order chi connectivity index (χ1) is 9.66. The molecule has 5 nitrogen and oxygen atoms in total. The van der Waals surface area contributed by atoms with Crippen molar-refractivity contribution >= 4 is 44.1 Å². The highest BCUT2D eigenvalue weighted by Crippen LogP contribution is 2.27. The molecule has 0 saturated heterocycles. The quantitative estimate of drug-likeness (QED) is 0.705. The van der Waals surface area contributed by atoms with E-state index in [9.17, 15) is 4.79 Å². The molecule has 1 amide bonds. The van der Waals surface area contributed by atoms with Gasteiger partial charge >= 0.3 is 0 Å². The fourth-order valence-electron chi connectivity index (χ4n) is 1.95. The molecule has 0 radical (unpaired) electrons. The number of pyridine rings is 1. The molecule has 1 aromatic carbocycles. The average Bonchev–Trinajstić information content (AvgIpc) is 2.88. The lowest BCUT2D eigenvalue weighted by Crippen LogP contribution is -2.12. The lowest BCUT2D eigenvalue weighted by molar-refractivity contribution is 0.102. The first-order valence-electron chi connectivity index (χ1n) is 5.84. The van der Waals surface area contributed by atoms with Gasteiger partial charge in [0.1, 0.15) is 0 Å². The molecule has 2 aromatic heterocycles. The predicted octanol–water partition coefficient (Wildman–Crippen LogP) is 3.42. The third kappa shape index (κ3) is 2.14. The number of hydrogen-bond acceptors (Lipinski definition) is 4. The molecule has 0 fully saturated rings. The summed E-state index contributed by atoms with van der Waals surface area (Å²) in [7, 11) is 0. The lowest BCUT2D eigenvalue weighted by Gasteiger charge is -2.09. The van der Waals surface area contributed by atoms with Gasteiger partial charge in [0.05, 0.1) is 28.7 Å². The Bertz CT molecular complexity index is 798. The molecule has 0 aliphatic carbocycles. The maximum Gasteiger partial charge on any atom is 0.260 e. The van der Waals surface area contributed by atoms with E-state index >= 15 is 0 Å². The van der Waals surface area contributed by atoms with Crippen LogP contribution in [-0.2, 0) is 0 Å². The van der Waals surface area contributed by atoms with E-state index in [1.807, 2.05) is 6.07 Å². The summed E-state index contributed by atoms with van der Waals surface area (Å²) in [4.78, 5) is 16.4. The molecule has 6 heteroatoms. The van der Waals surface area contributed by atoms with Crippen molar-refractivity contribution in [1.82, 2.24) is 4.98 Å². The standard InChI is InChI=1S/C14H10BrN3O2/c15-13-9(5-7-20-13)14(19)18-11-4-3-10(16)12-8(11)2-1-6-17-12/h1-7H,16H2,(H,18,19). The van der Waals surface area contributed by atoms with E-state index < -0.39 is 0 Å². The molecule has 3 rings (SSSR count). The molecule has 3 N–H and O–H groups in total. The summed E-state index contributed by atoms with van der Waals surface area (Å²) in [5.41, 5.74) is 8.20. The molecule has 20 heavy (non-hydrogen) atoms. The Morgan fingerprint density at radius 2 is 2.15 bits per heavy atom. The fourth-order valence-corrected chi connectivity index (χ4v) is 2.37. The number of benzene rings is 1. The minimum Gasteiger partial charge on any atom is -0.457 e. The van der Waals surface area contributed by atoms with Crippen LogP contribution in [0.3, 0.4) is 0 Å². The van der Waals surface area contributed by atoms with Crippen LogP contribution in [0.2, 0.25) is 0 Å². The number of anilines is 2. The number of hydrogen-bond donors (Lipinski definition) is 2. The number of rotatable bonds is 2. The number of amides is 1. The fraction of sp³-hybridized carbons (Fsp3) is 0. The van der Waals surface area contributed by atoms with Crippen molar-refractivity contribution in [1.29, 1.82) is 0 Å². The number of fused-ring (bicyclic) bond motifs is 1. The lowest BCUT2D eigenvalue weighted by atomic mass is 10.1. The number of carbonyl (C=O) groups excluding carboxylic acids is 1. The Labute approximate surface area is 122 Å². The number of carbonyl (C=O) groups is 1. The number of halogens is 1. The van der Waals surface area contributed by atoms with E-state index in [2.05, 4.69) is 26.2 Å². The van der Waals surface area contributed by atoms with Gasteiger partial charge in [0, 0.05) is 11.6 Å². The molecule has 0 aliphatic rings. The Hall–Kier alpha value is -2.34. The van der Waals surface area contributed by atoms with Gasteiger partial charge in [-0.05, 0) is 46.3 Å². The van der Waals surface area contributed by atoms with Crippen molar-refractivity contribution in [3.8, 4) is 0 Å². The summed E-state index contributed by atoms with van der Waals surface area (Å²) in [5, 5.41) is 3.62. The zero-order valence-corrected chi connectivity index (χ0v) is 11.8. The third-order valence-electron chi connectivity index (χ3n) is 2.91. The van der Waals surface area contributed by atoms with E-state index in [-0.39, 0.29) is 5.91 Å². The largest absolute Gasteiger partial charge is 0.457 e. The smallest absolute Gasteiger partial charge is 0.260 e. The second-order valence-corrected chi connectivity index (χ2v) is 4.88. The van der Waals surface area contributed by atoms with Crippen LogP contribution in [0.25, 0.3) is 10.9 Å². The number of aromatic nitrogens is 1. The van der Waals surface area contributed by atoms with Gasteiger partial charge in [-0.3, -0.25) is 9.78 Å². The van der Waals surface area contributed by atoms with Gasteiger partial charge in [0.25, 0.3) is 5.91 Å². The third-order valence-corrected chi connectivity index (χ3v) is 3.53. The average molecular weight is 332 g/mol. The highest BCUT2D eigenvalue weighted by molar-refractivity contribution is 9.10. The molecule has 0 saturated carbocycles. The Kier molecular flexibility index (Phi) is 3.15. The second-order valence-electron chi connectivity index (χ2n) is 4.16. The van der Waals surface area contributed by atoms with Crippen LogP contribution < -0.4 is 11.1 Å². The normalized spacial score (nSPS) is 10.7. The second kappa shape index (κ2) is 4.97. The molecular weight excluding hydrogens is 322 g/mol. The molecule has 0 unspecified atom stereocenters. The number of furan rings is 1. The van der Waals surface area contributed by atoms with Gasteiger partial charge in [-0.25, -0.2) is 0 Å². The van der Waals surface area contributed by atoms with Crippen LogP contribution in [0.15, 0.2) is 51.9 Å². The summed E-state index contributed by atoms with van der Waals surface area (Å²) in [5.74, 6) is -0.263. The zero-order valence-electron chi connectivity index (χ0n) is 10.3. The Balaban J connectivity index is 2.02. The van der Waals surface area contributed by atoms with Crippen LogP contribution in [0.4, 0.5) is 11.4 Å². The predicted molar refractivity (Wildman–Crippen MR) is 80.5 cm³/mol. The van der Waals surface area contributed by atoms with Crippen LogP contribution in [0, 0.1) is 0 Å². The summed E-state index contributed by atoms with van der Waals surface area (Å²) in [6, 6.07) is 8.72. The highest BCUT2D eigenvalue weighted by Gasteiger charge is 2.14. The van der Waals surface area contributed by atoms with E-state index in [4.69, 9.17) is 10.2 Å². The number of nitrogen functional groups attached to an aromatic ring is 1. The summed E-state index contributed by atoms with van der Waals surface area (Å²) in [6.45, 7) is 0. The van der Waals surface area contributed by atoms with Gasteiger partial charge in [-0.1, -0.05) is 0 Å². The van der Waals surface area contributed by atoms with Gasteiger partial charge in [0.15, 0.2) is 4.67 Å². The van der Waals surface area contributed by atoms with Gasteiger partial charge < -0.3 is 15.5 Å². The van der Waals surface area contributed by atoms with Crippen molar-refractivity contribution < 1.29 is 9.21 Å². The van der Waals surface area contributed by atoms with Crippen molar-refractivity contribution in [2.24, 2.45) is 0 Å². The van der Waals surface area contributed by atoms with Gasteiger partial charge in [-0.15, -0.1) is 0 Å². The van der Waals surface area contributed by atoms with Crippen LogP contribution in [0.5, 0.6) is 0 Å². The SMILES string of the molecule is Nc1ccc(NC(=O)c2ccoc2Br)c2cccnc12. The number of nitrogens with one attached hydrogen (secondary N) is 1. The van der Waals surface area contributed by atoms with Crippen LogP contribution in [-0.4, -0.2) is 10.9 Å². The van der Waals surface area contributed by atoms with Crippen LogP contribution in [0.1, 0.15) is 10.4 Å². The number of nitrogens with two attached hydrogens (primary N) is 1. The Morgan fingerprint density at radius 3 is 2.90 bits per heavy atom.